The van der Waals surface area contributed by atoms with E-state index in [0.717, 1.165) is 12.5 Å². The number of hydrogen-bond acceptors (Lipinski definition) is 1. The molecule has 4 heteroatoms. The Hall–Kier alpha value is -0.390. The van der Waals surface area contributed by atoms with E-state index in [1.807, 2.05) is 29.5 Å². The number of aryl methyl sites for hydroxylation is 1. The van der Waals surface area contributed by atoms with Gasteiger partial charge >= 0.3 is 6.11 Å². The molecule has 13 heavy (non-hydrogen) atoms. The molecule has 0 amide bonds. The first-order valence-corrected chi connectivity index (χ1v) is 4.79. The van der Waals surface area contributed by atoms with Gasteiger partial charge < -0.3 is 4.74 Å². The van der Waals surface area contributed by atoms with Gasteiger partial charge in [0.1, 0.15) is 5.75 Å². The molecule has 1 rings (SSSR count). The van der Waals surface area contributed by atoms with Gasteiger partial charge in [-0.2, -0.15) is 8.78 Å². The van der Waals surface area contributed by atoms with Crippen molar-refractivity contribution >= 4 is 22.6 Å². The summed E-state index contributed by atoms with van der Waals surface area (Å²) in [5.41, 5.74) is 1.02. The number of hydrogen-bond donors (Lipinski definition) is 0. The molecule has 72 valence electrons. The smallest absolute Gasteiger partial charge is 0.394 e. The quantitative estimate of drug-likeness (QED) is 0.758. The summed E-state index contributed by atoms with van der Waals surface area (Å²) in [5.74, 6) is 0.221. The van der Waals surface area contributed by atoms with Crippen molar-refractivity contribution in [2.45, 2.75) is 20.0 Å². The third-order valence-corrected chi connectivity index (χ3v) is 2.22. The van der Waals surface area contributed by atoms with Crippen molar-refractivity contribution in [3.8, 4) is 5.75 Å². The largest absolute Gasteiger partial charge is 0.432 e. The Bertz CT molecular complexity index is 307. The fourth-order valence-electron chi connectivity index (χ4n) is 0.882. The van der Waals surface area contributed by atoms with Crippen LogP contribution in [0.1, 0.15) is 12.5 Å². The van der Waals surface area contributed by atoms with Crippen molar-refractivity contribution in [1.29, 1.82) is 0 Å². The zero-order valence-corrected chi connectivity index (χ0v) is 9.43. The fraction of sp³-hybridized carbons (Fsp3) is 0.333. The third kappa shape index (κ3) is 3.46. The minimum atomic E-state index is -3.12. The first-order chi connectivity index (χ1) is 5.88. The van der Waals surface area contributed by atoms with E-state index in [4.69, 9.17) is 0 Å². The summed E-state index contributed by atoms with van der Waals surface area (Å²) in [5, 5.41) is 0. The summed E-state index contributed by atoms with van der Waals surface area (Å²) in [6, 6.07) is 5.08. The Labute approximate surface area is 89.2 Å². The molecule has 0 aliphatic rings. The Kier molecular flexibility index (Phi) is 3.10. The van der Waals surface area contributed by atoms with Gasteiger partial charge in [0.2, 0.25) is 0 Å². The van der Waals surface area contributed by atoms with Crippen LogP contribution in [0.25, 0.3) is 0 Å². The molecule has 0 heterocycles. The summed E-state index contributed by atoms with van der Waals surface area (Å²) < 4.78 is 30.1. The molecular weight excluding hydrogens is 289 g/mol. The van der Waals surface area contributed by atoms with Crippen LogP contribution in [0.5, 0.6) is 5.75 Å². The lowest BCUT2D eigenvalue weighted by molar-refractivity contribution is -0.159. The van der Waals surface area contributed by atoms with Crippen LogP contribution >= 0.6 is 22.6 Å². The lowest BCUT2D eigenvalue weighted by atomic mass is 10.2. The van der Waals surface area contributed by atoms with E-state index in [1.165, 1.54) is 0 Å². The summed E-state index contributed by atoms with van der Waals surface area (Å²) in [7, 11) is 0. The van der Waals surface area contributed by atoms with Crippen molar-refractivity contribution in [2.75, 3.05) is 0 Å². The summed E-state index contributed by atoms with van der Waals surface area (Å²) in [6.07, 6.45) is -3.12. The Morgan fingerprint density at radius 3 is 2.46 bits per heavy atom. The molecule has 1 nitrogen and oxygen atoms in total. The highest BCUT2D eigenvalue weighted by Crippen LogP contribution is 2.26. The Balaban J connectivity index is 2.90. The van der Waals surface area contributed by atoms with E-state index >= 15 is 0 Å². The normalized spacial score (nSPS) is 11.5. The number of halogens is 3. The van der Waals surface area contributed by atoms with Gasteiger partial charge in [-0.1, -0.05) is 6.07 Å². The van der Waals surface area contributed by atoms with Crippen molar-refractivity contribution in [3.05, 3.63) is 27.3 Å². The maximum atomic E-state index is 12.5. The second-order valence-electron chi connectivity index (χ2n) is 2.84. The van der Waals surface area contributed by atoms with Gasteiger partial charge in [0, 0.05) is 6.92 Å². The molecule has 0 saturated heterocycles. The van der Waals surface area contributed by atoms with E-state index in [0.29, 0.717) is 3.57 Å². The first kappa shape index (κ1) is 10.7. The SMILES string of the molecule is Cc1ccc(OC(C)(F)F)c(I)c1. The lowest BCUT2D eigenvalue weighted by Gasteiger charge is -2.14. The monoisotopic (exact) mass is 298 g/mol. The second-order valence-corrected chi connectivity index (χ2v) is 4.01. The van der Waals surface area contributed by atoms with Gasteiger partial charge in [-0.05, 0) is 47.2 Å². The van der Waals surface area contributed by atoms with Crippen LogP contribution in [-0.4, -0.2) is 6.11 Å². The highest BCUT2D eigenvalue weighted by molar-refractivity contribution is 14.1. The Morgan fingerprint density at radius 1 is 1.38 bits per heavy atom. The molecule has 0 radical (unpaired) electrons. The van der Waals surface area contributed by atoms with E-state index in [2.05, 4.69) is 4.74 Å². The topological polar surface area (TPSA) is 9.23 Å². The molecule has 0 fully saturated rings. The van der Waals surface area contributed by atoms with Gasteiger partial charge in [0.25, 0.3) is 0 Å². The molecule has 0 N–H and O–H groups in total. The van der Waals surface area contributed by atoms with E-state index in [-0.39, 0.29) is 5.75 Å². The second kappa shape index (κ2) is 3.77. The van der Waals surface area contributed by atoms with Gasteiger partial charge in [-0.25, -0.2) is 0 Å². The molecule has 0 bridgehead atoms. The summed E-state index contributed by atoms with van der Waals surface area (Å²) in [4.78, 5) is 0. The third-order valence-electron chi connectivity index (χ3n) is 1.38. The van der Waals surface area contributed by atoms with Gasteiger partial charge in [0.05, 0.1) is 3.57 Å². The average Bonchev–Trinajstić information content (AvgIpc) is 1.93. The molecule has 0 atom stereocenters. The molecule has 0 unspecified atom stereocenters. The lowest BCUT2D eigenvalue weighted by Crippen LogP contribution is -2.19. The highest BCUT2D eigenvalue weighted by atomic mass is 127. The van der Waals surface area contributed by atoms with Crippen molar-refractivity contribution in [1.82, 2.24) is 0 Å². The van der Waals surface area contributed by atoms with E-state index in [1.54, 1.807) is 18.2 Å². The van der Waals surface area contributed by atoms with Crippen LogP contribution in [0.3, 0.4) is 0 Å². The number of benzene rings is 1. The molecular formula is C9H9F2IO. The van der Waals surface area contributed by atoms with E-state index in [9.17, 15) is 8.78 Å². The summed E-state index contributed by atoms with van der Waals surface area (Å²) >= 11 is 1.97. The minimum Gasteiger partial charge on any atom is -0.432 e. The van der Waals surface area contributed by atoms with Crippen LogP contribution in [0.2, 0.25) is 0 Å². The molecule has 0 aliphatic carbocycles. The zero-order valence-electron chi connectivity index (χ0n) is 7.27. The Morgan fingerprint density at radius 2 is 2.00 bits per heavy atom. The number of rotatable bonds is 2. The van der Waals surface area contributed by atoms with Gasteiger partial charge in [-0.15, -0.1) is 0 Å². The van der Waals surface area contributed by atoms with Crippen molar-refractivity contribution < 1.29 is 13.5 Å². The average molecular weight is 298 g/mol. The van der Waals surface area contributed by atoms with E-state index < -0.39 is 6.11 Å². The summed E-state index contributed by atoms with van der Waals surface area (Å²) in [6.45, 7) is 2.62. The molecule has 1 aromatic carbocycles. The van der Waals surface area contributed by atoms with Crippen LogP contribution in [-0.2, 0) is 0 Å². The number of ether oxygens (including phenoxy) is 1. The maximum absolute atomic E-state index is 12.5. The standard InChI is InChI=1S/C9H9F2IO/c1-6-3-4-8(7(12)5-6)13-9(2,10)11/h3-5H,1-2H3. The molecule has 0 saturated carbocycles. The van der Waals surface area contributed by atoms with Gasteiger partial charge in [-0.3, -0.25) is 0 Å². The molecule has 0 spiro atoms. The van der Waals surface area contributed by atoms with Gasteiger partial charge in [0.15, 0.2) is 0 Å². The maximum Gasteiger partial charge on any atom is 0.394 e. The predicted molar refractivity (Wildman–Crippen MR) is 55.1 cm³/mol. The molecule has 0 aromatic heterocycles. The van der Waals surface area contributed by atoms with Crippen molar-refractivity contribution in [3.63, 3.8) is 0 Å². The molecule has 1 aromatic rings. The number of alkyl halides is 2. The minimum absolute atomic E-state index is 0.221. The van der Waals surface area contributed by atoms with Crippen LogP contribution in [0.15, 0.2) is 18.2 Å². The zero-order chi connectivity index (χ0) is 10.1. The van der Waals surface area contributed by atoms with Crippen LogP contribution < -0.4 is 4.74 Å². The van der Waals surface area contributed by atoms with Crippen LogP contribution in [0, 0.1) is 10.5 Å². The predicted octanol–water partition coefficient (Wildman–Crippen LogP) is 3.59. The van der Waals surface area contributed by atoms with Crippen LogP contribution in [0.4, 0.5) is 8.78 Å². The fourth-order valence-corrected chi connectivity index (χ4v) is 1.66. The highest BCUT2D eigenvalue weighted by Gasteiger charge is 2.24. The molecule has 0 aliphatic heterocycles. The van der Waals surface area contributed by atoms with Crippen molar-refractivity contribution in [2.24, 2.45) is 0 Å². The first-order valence-electron chi connectivity index (χ1n) is 3.71.